The van der Waals surface area contributed by atoms with E-state index in [2.05, 4.69) is 25.9 Å². The van der Waals surface area contributed by atoms with Gasteiger partial charge in [0.1, 0.15) is 0 Å². The molecule has 0 spiro atoms. The fourth-order valence-electron chi connectivity index (χ4n) is 1.48. The van der Waals surface area contributed by atoms with Crippen LogP contribution in [0.5, 0.6) is 0 Å². The predicted octanol–water partition coefficient (Wildman–Crippen LogP) is -1.06. The molecule has 1 fully saturated rings. The maximum Gasteiger partial charge on any atom is 0.240 e. The Morgan fingerprint density at radius 2 is 2.47 bits per heavy atom. The van der Waals surface area contributed by atoms with Crippen molar-refractivity contribution in [2.24, 2.45) is 11.7 Å². The number of H-pyrrole nitrogens is 1. The van der Waals surface area contributed by atoms with Gasteiger partial charge in [-0.1, -0.05) is 5.21 Å². The molecule has 0 radical (unpaired) electrons. The first-order valence-corrected chi connectivity index (χ1v) is 4.90. The summed E-state index contributed by atoms with van der Waals surface area (Å²) >= 11 is 0. The van der Waals surface area contributed by atoms with Gasteiger partial charge in [0.15, 0.2) is 5.82 Å². The number of amides is 1. The summed E-state index contributed by atoms with van der Waals surface area (Å²) in [4.78, 5) is 11.7. The van der Waals surface area contributed by atoms with Gasteiger partial charge in [-0.15, -0.1) is 10.2 Å². The minimum absolute atomic E-state index is 0.158. The molecule has 1 aromatic rings. The number of carbonyl (C=O) groups excluding carboxylic acids is 1. The first kappa shape index (κ1) is 10.0. The minimum atomic E-state index is -0.774. The van der Waals surface area contributed by atoms with E-state index in [9.17, 15) is 4.79 Å². The second-order valence-electron chi connectivity index (χ2n) is 4.07. The maximum absolute atomic E-state index is 11.7. The van der Waals surface area contributed by atoms with Crippen LogP contribution < -0.4 is 11.1 Å². The Labute approximate surface area is 86.8 Å². The number of aromatic nitrogens is 4. The quantitative estimate of drug-likeness (QED) is 0.587. The van der Waals surface area contributed by atoms with Crippen LogP contribution in [-0.2, 0) is 11.3 Å². The molecule has 4 N–H and O–H groups in total. The minimum Gasteiger partial charge on any atom is -0.347 e. The fraction of sp³-hybridized carbons (Fsp3) is 0.750. The number of aromatic amines is 1. The normalized spacial score (nSPS) is 19.6. The molecule has 1 unspecified atom stereocenters. The number of tetrazole rings is 1. The van der Waals surface area contributed by atoms with Crippen molar-refractivity contribution in [3.05, 3.63) is 5.82 Å². The summed E-state index contributed by atoms with van der Waals surface area (Å²) in [6.45, 7) is 2.02. The van der Waals surface area contributed by atoms with Crippen molar-refractivity contribution in [1.29, 1.82) is 0 Å². The smallest absolute Gasteiger partial charge is 0.240 e. The van der Waals surface area contributed by atoms with Crippen molar-refractivity contribution in [3.8, 4) is 0 Å². The molecule has 0 saturated heterocycles. The molecule has 1 amide bonds. The molecule has 1 saturated carbocycles. The zero-order chi connectivity index (χ0) is 10.9. The Morgan fingerprint density at radius 3 is 3.00 bits per heavy atom. The molecule has 0 aromatic carbocycles. The van der Waals surface area contributed by atoms with Gasteiger partial charge >= 0.3 is 0 Å². The van der Waals surface area contributed by atoms with E-state index in [1.54, 1.807) is 6.92 Å². The highest BCUT2D eigenvalue weighted by atomic mass is 16.2. The number of carbonyl (C=O) groups is 1. The van der Waals surface area contributed by atoms with Gasteiger partial charge in [-0.05, 0) is 25.7 Å². The molecule has 1 atom stereocenters. The molecule has 1 heterocycles. The van der Waals surface area contributed by atoms with Crippen LogP contribution in [0.2, 0.25) is 0 Å². The summed E-state index contributed by atoms with van der Waals surface area (Å²) in [5.74, 6) is 0.604. The Balaban J connectivity index is 1.86. The standard InChI is InChI=1S/C8H14N6O/c1-8(9,5-2-3-5)7(15)10-4-6-11-13-14-12-6/h5H,2-4,9H2,1H3,(H,10,15)(H,11,12,13,14). The Hall–Kier alpha value is -1.50. The molecular weight excluding hydrogens is 196 g/mol. The molecule has 1 aromatic heterocycles. The van der Waals surface area contributed by atoms with Crippen LogP contribution in [0.15, 0.2) is 0 Å². The zero-order valence-electron chi connectivity index (χ0n) is 8.53. The largest absolute Gasteiger partial charge is 0.347 e. The monoisotopic (exact) mass is 210 g/mol. The van der Waals surface area contributed by atoms with Gasteiger partial charge in [0.05, 0.1) is 12.1 Å². The summed E-state index contributed by atoms with van der Waals surface area (Å²) in [5.41, 5.74) is 5.15. The van der Waals surface area contributed by atoms with Crippen molar-refractivity contribution in [2.75, 3.05) is 0 Å². The van der Waals surface area contributed by atoms with Crippen molar-refractivity contribution in [3.63, 3.8) is 0 Å². The van der Waals surface area contributed by atoms with Gasteiger partial charge in [-0.25, -0.2) is 0 Å². The first-order chi connectivity index (χ1) is 7.10. The molecule has 7 heteroatoms. The third-order valence-corrected chi connectivity index (χ3v) is 2.71. The third kappa shape index (κ3) is 2.12. The summed E-state index contributed by atoms with van der Waals surface area (Å²) in [6.07, 6.45) is 2.06. The lowest BCUT2D eigenvalue weighted by Crippen LogP contribution is -2.53. The van der Waals surface area contributed by atoms with Gasteiger partial charge in [-0.2, -0.15) is 5.21 Å². The number of hydrogen-bond donors (Lipinski definition) is 3. The van der Waals surface area contributed by atoms with Crippen LogP contribution in [0, 0.1) is 5.92 Å². The lowest BCUT2D eigenvalue weighted by Gasteiger charge is -2.22. The number of nitrogens with zero attached hydrogens (tertiary/aromatic N) is 3. The predicted molar refractivity (Wildman–Crippen MR) is 51.3 cm³/mol. The topological polar surface area (TPSA) is 110 Å². The van der Waals surface area contributed by atoms with Crippen LogP contribution in [0.1, 0.15) is 25.6 Å². The molecule has 0 aliphatic heterocycles. The summed E-state index contributed by atoms with van der Waals surface area (Å²) in [5, 5.41) is 15.9. The van der Waals surface area contributed by atoms with Gasteiger partial charge in [0, 0.05) is 0 Å². The van der Waals surface area contributed by atoms with Gasteiger partial charge in [0.2, 0.25) is 5.91 Å². The molecule has 15 heavy (non-hydrogen) atoms. The van der Waals surface area contributed by atoms with E-state index in [4.69, 9.17) is 5.73 Å². The van der Waals surface area contributed by atoms with Crippen LogP contribution in [0.25, 0.3) is 0 Å². The fourth-order valence-corrected chi connectivity index (χ4v) is 1.48. The lowest BCUT2D eigenvalue weighted by atomic mass is 9.96. The molecule has 1 aliphatic carbocycles. The molecule has 7 nitrogen and oxygen atoms in total. The van der Waals surface area contributed by atoms with Crippen molar-refractivity contribution < 1.29 is 4.79 Å². The third-order valence-electron chi connectivity index (χ3n) is 2.71. The van der Waals surface area contributed by atoms with E-state index >= 15 is 0 Å². The Kier molecular flexibility index (Phi) is 2.39. The van der Waals surface area contributed by atoms with Gasteiger partial charge < -0.3 is 11.1 Å². The van der Waals surface area contributed by atoms with Crippen LogP contribution in [-0.4, -0.2) is 32.1 Å². The second-order valence-corrected chi connectivity index (χ2v) is 4.07. The SMILES string of the molecule is CC(N)(C(=O)NCc1nn[nH]n1)C1CC1. The van der Waals surface area contributed by atoms with Crippen molar-refractivity contribution >= 4 is 5.91 Å². The lowest BCUT2D eigenvalue weighted by molar-refractivity contribution is -0.126. The molecule has 0 bridgehead atoms. The average molecular weight is 210 g/mol. The Bertz CT molecular complexity index is 342. The Morgan fingerprint density at radius 1 is 1.73 bits per heavy atom. The first-order valence-electron chi connectivity index (χ1n) is 4.90. The van der Waals surface area contributed by atoms with E-state index < -0.39 is 5.54 Å². The number of rotatable bonds is 4. The molecule has 82 valence electrons. The van der Waals surface area contributed by atoms with E-state index in [0.717, 1.165) is 12.8 Å². The highest BCUT2D eigenvalue weighted by molar-refractivity contribution is 5.86. The van der Waals surface area contributed by atoms with Crippen LogP contribution in [0.4, 0.5) is 0 Å². The molecular formula is C8H14N6O. The zero-order valence-corrected chi connectivity index (χ0v) is 8.53. The van der Waals surface area contributed by atoms with Crippen molar-refractivity contribution in [2.45, 2.75) is 31.8 Å². The summed E-state index contributed by atoms with van der Waals surface area (Å²) in [6, 6.07) is 0. The van der Waals surface area contributed by atoms with E-state index in [1.807, 2.05) is 0 Å². The van der Waals surface area contributed by atoms with E-state index in [1.165, 1.54) is 0 Å². The highest BCUT2D eigenvalue weighted by Crippen LogP contribution is 2.38. The van der Waals surface area contributed by atoms with Crippen LogP contribution >= 0.6 is 0 Å². The maximum atomic E-state index is 11.7. The number of nitrogens with one attached hydrogen (secondary N) is 2. The van der Waals surface area contributed by atoms with Crippen LogP contribution in [0.3, 0.4) is 0 Å². The number of nitrogens with two attached hydrogens (primary N) is 1. The highest BCUT2D eigenvalue weighted by Gasteiger charge is 2.43. The summed E-state index contributed by atoms with van der Waals surface area (Å²) in [7, 11) is 0. The second kappa shape index (κ2) is 3.58. The molecule has 1 aliphatic rings. The van der Waals surface area contributed by atoms with Gasteiger partial charge in [0.25, 0.3) is 0 Å². The number of hydrogen-bond acceptors (Lipinski definition) is 5. The van der Waals surface area contributed by atoms with E-state index in [-0.39, 0.29) is 12.5 Å². The van der Waals surface area contributed by atoms with Gasteiger partial charge in [-0.3, -0.25) is 4.79 Å². The summed E-state index contributed by atoms with van der Waals surface area (Å²) < 4.78 is 0. The van der Waals surface area contributed by atoms with E-state index in [0.29, 0.717) is 11.7 Å². The van der Waals surface area contributed by atoms with Crippen molar-refractivity contribution in [1.82, 2.24) is 25.9 Å². The average Bonchev–Trinajstić information content (AvgIpc) is 2.94. The molecule has 2 rings (SSSR count).